The number of carbonyl (C=O) groups is 5. The fraction of sp³-hybridized carbons (Fsp3) is 0.450. The summed E-state index contributed by atoms with van der Waals surface area (Å²) < 4.78 is 9.46. The maximum Gasteiger partial charge on any atom is 0.407 e. The molecular formula is C40H49N7O7. The molecule has 4 aromatic rings. The molecule has 0 aliphatic carbocycles. The number of fused-ring (bicyclic) bond motifs is 3. The topological polar surface area (TPSA) is 175 Å². The normalized spacial score (nSPS) is 18.2. The van der Waals surface area contributed by atoms with Gasteiger partial charge >= 0.3 is 12.2 Å². The van der Waals surface area contributed by atoms with Gasteiger partial charge in [-0.1, -0.05) is 58.0 Å². The van der Waals surface area contributed by atoms with E-state index in [4.69, 9.17) is 14.5 Å². The minimum atomic E-state index is -0.799. The van der Waals surface area contributed by atoms with E-state index in [1.807, 2.05) is 76.2 Å². The molecule has 14 heteroatoms. The summed E-state index contributed by atoms with van der Waals surface area (Å²) in [7, 11) is 2.53. The number of imidazole rings is 1. The van der Waals surface area contributed by atoms with Crippen LogP contribution >= 0.6 is 0 Å². The van der Waals surface area contributed by atoms with Crippen LogP contribution in [0, 0.1) is 11.8 Å². The van der Waals surface area contributed by atoms with E-state index < -0.39 is 30.3 Å². The van der Waals surface area contributed by atoms with Crippen molar-refractivity contribution in [2.75, 3.05) is 32.6 Å². The van der Waals surface area contributed by atoms with Crippen LogP contribution in [0.1, 0.15) is 65.2 Å². The van der Waals surface area contributed by atoms with Gasteiger partial charge < -0.3 is 40.2 Å². The molecule has 2 aliphatic heterocycles. The van der Waals surface area contributed by atoms with Crippen LogP contribution < -0.4 is 16.0 Å². The number of rotatable bonds is 10. The van der Waals surface area contributed by atoms with Crippen molar-refractivity contribution in [1.82, 2.24) is 30.4 Å². The van der Waals surface area contributed by atoms with Gasteiger partial charge in [0.25, 0.3) is 0 Å². The molecule has 6 rings (SSSR count). The standard InChI is InChI=1S/C40H49N7O7/c1-22(2)32(44-39(51)53-5)37(49)46-19-7-9-30(46)35-42-29-18-14-26-21-25(13-17-28(26)34(29)43-35)24-11-15-27(16-12-24)41-36(48)31-10-8-20-47(31)38(50)33(23(3)4)45-40(52)54-6/h11-18,21-23,30-33H,7-10,19-20H2,1-6H3,(H,41,48)(H,42,43)(H,44,51)(H,45,52). The van der Waals surface area contributed by atoms with Crippen molar-refractivity contribution in [3.63, 3.8) is 0 Å². The molecular weight excluding hydrogens is 690 g/mol. The van der Waals surface area contributed by atoms with Gasteiger partial charge in [0.05, 0.1) is 31.3 Å². The van der Waals surface area contributed by atoms with Gasteiger partial charge in [-0.25, -0.2) is 14.6 Å². The van der Waals surface area contributed by atoms with E-state index in [9.17, 15) is 24.0 Å². The van der Waals surface area contributed by atoms with Gasteiger partial charge in [0, 0.05) is 24.2 Å². The number of benzene rings is 3. The molecule has 0 bridgehead atoms. The van der Waals surface area contributed by atoms with Gasteiger partial charge in [-0.2, -0.15) is 0 Å². The van der Waals surface area contributed by atoms with E-state index >= 15 is 0 Å². The van der Waals surface area contributed by atoms with E-state index in [-0.39, 0.29) is 35.6 Å². The third kappa shape index (κ3) is 7.82. The Balaban J connectivity index is 1.15. The fourth-order valence-electron chi connectivity index (χ4n) is 7.50. The SMILES string of the molecule is COC(=O)NC(C(=O)N1CCCC1C(=O)Nc1ccc(-c2ccc3c(ccc4[nH]c(C5CCCN5C(=O)C(NC(=O)OC)C(C)C)nc43)c2)cc1)C(C)C. The second kappa shape index (κ2) is 16.1. The second-order valence-corrected chi connectivity index (χ2v) is 14.7. The Bertz CT molecular complexity index is 2040. The Labute approximate surface area is 314 Å². The summed E-state index contributed by atoms with van der Waals surface area (Å²) in [5.41, 5.74) is 4.26. The number of nitrogens with one attached hydrogen (secondary N) is 4. The minimum Gasteiger partial charge on any atom is -0.453 e. The summed E-state index contributed by atoms with van der Waals surface area (Å²) in [4.78, 5) is 76.1. The highest BCUT2D eigenvalue weighted by molar-refractivity contribution is 6.05. The number of aromatic amines is 1. The molecule has 5 amide bonds. The molecule has 54 heavy (non-hydrogen) atoms. The van der Waals surface area contributed by atoms with E-state index in [0.717, 1.165) is 45.8 Å². The van der Waals surface area contributed by atoms with Crippen LogP contribution in [0.4, 0.5) is 15.3 Å². The van der Waals surface area contributed by atoms with Crippen molar-refractivity contribution in [3.05, 3.63) is 60.4 Å². The van der Waals surface area contributed by atoms with Crippen LogP contribution in [0.15, 0.2) is 54.6 Å². The van der Waals surface area contributed by atoms with Crippen molar-refractivity contribution in [2.24, 2.45) is 11.8 Å². The molecule has 0 saturated carbocycles. The Morgan fingerprint density at radius 3 is 1.98 bits per heavy atom. The van der Waals surface area contributed by atoms with Crippen molar-refractivity contribution >= 4 is 57.4 Å². The summed E-state index contributed by atoms with van der Waals surface area (Å²) in [6.07, 6.45) is 1.49. The van der Waals surface area contributed by atoms with Gasteiger partial charge in [-0.15, -0.1) is 0 Å². The van der Waals surface area contributed by atoms with E-state index in [0.29, 0.717) is 37.4 Å². The lowest BCUT2D eigenvalue weighted by Gasteiger charge is -2.30. The number of ether oxygens (including phenoxy) is 2. The Morgan fingerprint density at radius 1 is 0.759 bits per heavy atom. The largest absolute Gasteiger partial charge is 0.453 e. The smallest absolute Gasteiger partial charge is 0.407 e. The predicted molar refractivity (Wildman–Crippen MR) is 204 cm³/mol. The lowest BCUT2D eigenvalue weighted by Crippen LogP contribution is -2.54. The molecule has 4 unspecified atom stereocenters. The summed E-state index contributed by atoms with van der Waals surface area (Å²) in [5, 5.41) is 10.3. The van der Waals surface area contributed by atoms with Gasteiger partial charge in [0.1, 0.15) is 23.9 Å². The lowest BCUT2D eigenvalue weighted by atomic mass is 10.0. The number of methoxy groups -OCH3 is 2. The monoisotopic (exact) mass is 739 g/mol. The average Bonchev–Trinajstić information content (AvgIpc) is 3.95. The highest BCUT2D eigenvalue weighted by atomic mass is 16.5. The third-order valence-corrected chi connectivity index (χ3v) is 10.4. The number of amides is 5. The molecule has 4 atom stereocenters. The third-order valence-electron chi connectivity index (χ3n) is 10.4. The van der Waals surface area contributed by atoms with Crippen molar-refractivity contribution in [2.45, 2.75) is 77.5 Å². The number of H-pyrrole nitrogens is 1. The summed E-state index contributed by atoms with van der Waals surface area (Å²) in [5.74, 6) is -0.322. The van der Waals surface area contributed by atoms with Crippen LogP contribution in [0.25, 0.3) is 32.9 Å². The first-order valence-corrected chi connectivity index (χ1v) is 18.5. The van der Waals surface area contributed by atoms with E-state index in [2.05, 4.69) is 27.0 Å². The van der Waals surface area contributed by atoms with Crippen molar-refractivity contribution in [1.29, 1.82) is 0 Å². The van der Waals surface area contributed by atoms with Crippen LogP contribution in [-0.2, 0) is 23.9 Å². The molecule has 2 fully saturated rings. The zero-order valence-electron chi connectivity index (χ0n) is 31.6. The molecule has 2 aliphatic rings. The Morgan fingerprint density at radius 2 is 1.35 bits per heavy atom. The average molecular weight is 740 g/mol. The molecule has 0 spiro atoms. The molecule has 2 saturated heterocycles. The zero-order valence-corrected chi connectivity index (χ0v) is 31.6. The number of nitrogens with zero attached hydrogens (tertiary/aromatic N) is 3. The highest BCUT2D eigenvalue weighted by Gasteiger charge is 2.39. The molecule has 3 aromatic carbocycles. The van der Waals surface area contributed by atoms with Gasteiger partial charge in [0.2, 0.25) is 17.7 Å². The van der Waals surface area contributed by atoms with Crippen molar-refractivity contribution < 1.29 is 33.4 Å². The predicted octanol–water partition coefficient (Wildman–Crippen LogP) is 5.74. The molecule has 0 radical (unpaired) electrons. The van der Waals surface area contributed by atoms with E-state index in [1.165, 1.54) is 14.2 Å². The molecule has 286 valence electrons. The van der Waals surface area contributed by atoms with Gasteiger partial charge in [-0.3, -0.25) is 14.4 Å². The number of aromatic nitrogens is 2. The second-order valence-electron chi connectivity index (χ2n) is 14.7. The maximum absolute atomic E-state index is 13.6. The maximum atomic E-state index is 13.6. The lowest BCUT2D eigenvalue weighted by molar-refractivity contribution is -0.139. The van der Waals surface area contributed by atoms with Crippen molar-refractivity contribution in [3.8, 4) is 11.1 Å². The first-order chi connectivity index (χ1) is 25.9. The fourth-order valence-corrected chi connectivity index (χ4v) is 7.50. The first-order valence-electron chi connectivity index (χ1n) is 18.5. The van der Waals surface area contributed by atoms with Gasteiger partial charge in [-0.05, 0) is 78.3 Å². The Hall–Kier alpha value is -5.66. The quantitative estimate of drug-likeness (QED) is 0.159. The van der Waals surface area contributed by atoms with Crippen LogP contribution in [0.2, 0.25) is 0 Å². The summed E-state index contributed by atoms with van der Waals surface area (Å²) >= 11 is 0. The number of alkyl carbamates (subject to hydrolysis) is 2. The Kier molecular flexibility index (Phi) is 11.4. The number of carbonyl (C=O) groups excluding carboxylic acids is 5. The zero-order chi connectivity index (χ0) is 38.7. The minimum absolute atomic E-state index is 0.122. The number of anilines is 1. The molecule has 1 aromatic heterocycles. The van der Waals surface area contributed by atoms with Gasteiger partial charge in [0.15, 0.2) is 0 Å². The molecule has 14 nitrogen and oxygen atoms in total. The summed E-state index contributed by atoms with van der Waals surface area (Å²) in [6, 6.07) is 15.4. The van der Waals surface area contributed by atoms with Crippen LogP contribution in [-0.4, -0.2) is 95.1 Å². The number of likely N-dealkylation sites (tertiary alicyclic amines) is 2. The van der Waals surface area contributed by atoms with Crippen LogP contribution in [0.5, 0.6) is 0 Å². The van der Waals surface area contributed by atoms with Crippen LogP contribution in [0.3, 0.4) is 0 Å². The summed E-state index contributed by atoms with van der Waals surface area (Å²) in [6.45, 7) is 8.47. The van der Waals surface area contributed by atoms with E-state index in [1.54, 1.807) is 9.80 Å². The highest BCUT2D eigenvalue weighted by Crippen LogP contribution is 2.35. The molecule has 4 N–H and O–H groups in total. The molecule has 3 heterocycles. The first kappa shape index (κ1) is 38.1. The number of hydrogen-bond acceptors (Lipinski definition) is 8. The number of hydrogen-bond donors (Lipinski definition) is 4.